The van der Waals surface area contributed by atoms with Crippen molar-refractivity contribution in [1.82, 2.24) is 0 Å². The zero-order chi connectivity index (χ0) is 23.9. The Hall–Kier alpha value is -3.64. The fourth-order valence-corrected chi connectivity index (χ4v) is 4.99. The smallest absolute Gasteiger partial charge is 0.335 e. The molecule has 3 aromatic carbocycles. The number of benzene rings is 3. The minimum atomic E-state index is -1.88. The Kier molecular flexibility index (Phi) is 4.42. The van der Waals surface area contributed by atoms with Crippen molar-refractivity contribution in [3.05, 3.63) is 35.9 Å². The van der Waals surface area contributed by atoms with E-state index in [-0.39, 0.29) is 12.4 Å². The summed E-state index contributed by atoms with van der Waals surface area (Å²) in [5.74, 6) is -0.819. The summed E-state index contributed by atoms with van der Waals surface area (Å²) in [6.07, 6.45) is -8.98. The van der Waals surface area contributed by atoms with Crippen molar-refractivity contribution in [3.8, 4) is 17.2 Å². The summed E-state index contributed by atoms with van der Waals surface area (Å²) in [5, 5.41) is 43.0. The average Bonchev–Trinajstić information content (AvgIpc) is 3.40. The van der Waals surface area contributed by atoms with Gasteiger partial charge < -0.3 is 39.4 Å². The van der Waals surface area contributed by atoms with Crippen LogP contribution in [0.15, 0.2) is 30.3 Å². The van der Waals surface area contributed by atoms with Gasteiger partial charge in [-0.25, -0.2) is 4.79 Å². The monoisotopic (exact) mass is 469 g/mol. The fraction of sp³-hybridized carbons (Fsp3) is 0.304. The maximum absolute atomic E-state index is 13.6. The van der Waals surface area contributed by atoms with E-state index in [4.69, 9.17) is 18.9 Å². The van der Waals surface area contributed by atoms with Gasteiger partial charge in [0.2, 0.25) is 6.79 Å². The van der Waals surface area contributed by atoms with Crippen molar-refractivity contribution in [1.29, 1.82) is 0 Å². The van der Waals surface area contributed by atoms with E-state index in [2.05, 4.69) is 0 Å². The fourth-order valence-electron chi connectivity index (χ4n) is 4.99. The maximum Gasteiger partial charge on any atom is 0.335 e. The van der Waals surface area contributed by atoms with E-state index in [1.54, 1.807) is 18.2 Å². The maximum atomic E-state index is 13.6. The van der Waals surface area contributed by atoms with Crippen molar-refractivity contribution in [3.63, 3.8) is 0 Å². The largest absolute Gasteiger partial charge is 0.496 e. The third-order valence-electron chi connectivity index (χ3n) is 6.55. The lowest BCUT2D eigenvalue weighted by Crippen LogP contribution is -2.64. The van der Waals surface area contributed by atoms with Gasteiger partial charge in [0.15, 0.2) is 23.8 Å². The Morgan fingerprint density at radius 3 is 2.59 bits per heavy atom. The lowest BCUT2D eigenvalue weighted by Gasteiger charge is -2.42. The molecule has 0 spiro atoms. The molecule has 5 atom stereocenters. The molecule has 6 rings (SSSR count). The zero-order valence-corrected chi connectivity index (χ0v) is 17.7. The molecule has 0 aromatic heterocycles. The lowest BCUT2D eigenvalue weighted by molar-refractivity contribution is -0.225. The number of carbonyl (C=O) groups is 2. The number of carboxylic acids is 1. The number of aliphatic carboxylic acids is 1. The van der Waals surface area contributed by atoms with E-state index >= 15 is 0 Å². The van der Waals surface area contributed by atoms with Crippen LogP contribution in [-0.2, 0) is 9.53 Å². The van der Waals surface area contributed by atoms with Gasteiger partial charge in [-0.05, 0) is 23.6 Å². The van der Waals surface area contributed by atoms with E-state index in [9.17, 15) is 30.0 Å². The molecular formula is C23H19NO10. The van der Waals surface area contributed by atoms with Crippen molar-refractivity contribution in [2.45, 2.75) is 30.6 Å². The first-order valence-corrected chi connectivity index (χ1v) is 10.5. The molecule has 4 N–H and O–H groups in total. The molecular weight excluding hydrogens is 450 g/mol. The average molecular weight is 469 g/mol. The topological polar surface area (TPSA) is 155 Å². The van der Waals surface area contributed by atoms with Crippen LogP contribution in [0, 0.1) is 0 Å². The van der Waals surface area contributed by atoms with Gasteiger partial charge in [0.25, 0.3) is 5.91 Å². The molecule has 1 amide bonds. The molecule has 0 radical (unpaired) electrons. The van der Waals surface area contributed by atoms with Gasteiger partial charge in [-0.1, -0.05) is 12.1 Å². The second-order valence-corrected chi connectivity index (χ2v) is 8.29. The number of ether oxygens (including phenoxy) is 4. The normalized spacial score (nSPS) is 27.6. The Labute approximate surface area is 191 Å². The number of rotatable bonds is 3. The first-order valence-electron chi connectivity index (χ1n) is 10.5. The van der Waals surface area contributed by atoms with Gasteiger partial charge >= 0.3 is 5.97 Å². The predicted octanol–water partition coefficient (Wildman–Crippen LogP) is 0.583. The number of anilines is 1. The molecule has 3 aliphatic rings. The molecule has 11 nitrogen and oxygen atoms in total. The molecule has 3 aromatic rings. The predicted molar refractivity (Wildman–Crippen MR) is 115 cm³/mol. The molecule has 11 heteroatoms. The highest BCUT2D eigenvalue weighted by Gasteiger charge is 2.52. The second kappa shape index (κ2) is 7.18. The van der Waals surface area contributed by atoms with Crippen molar-refractivity contribution in [2.75, 3.05) is 18.8 Å². The number of methoxy groups -OCH3 is 1. The summed E-state index contributed by atoms with van der Waals surface area (Å²) >= 11 is 0. The standard InChI is InChI=1S/C23H19NO10/c1-31-12-4-2-3-8-9(12)5-11-14-10(6-13-19(15(8)14)33-7-32-13)21(28)24(11)22-18(27)16(25)17(26)20(34-22)23(29)30/h2-6,16-18,20,22,25-27H,7H2,1H3,(H,29,30)/t16-,17-,18+,20-,22+/m0/s1. The molecule has 176 valence electrons. The highest BCUT2D eigenvalue weighted by atomic mass is 16.7. The number of nitrogens with zero attached hydrogens (tertiary/aromatic N) is 1. The van der Waals surface area contributed by atoms with Crippen molar-refractivity contribution in [2.24, 2.45) is 0 Å². The third kappa shape index (κ3) is 2.60. The zero-order valence-electron chi connectivity index (χ0n) is 17.7. The number of aliphatic hydroxyl groups excluding tert-OH is 3. The Morgan fingerprint density at radius 2 is 1.85 bits per heavy atom. The Bertz CT molecular complexity index is 1390. The summed E-state index contributed by atoms with van der Waals surface area (Å²) in [6, 6.07) is 8.60. The van der Waals surface area contributed by atoms with E-state index < -0.39 is 42.5 Å². The van der Waals surface area contributed by atoms with Gasteiger partial charge in [-0.2, -0.15) is 0 Å². The third-order valence-corrected chi connectivity index (χ3v) is 6.55. The number of aliphatic hydroxyl groups is 3. The number of hydrogen-bond donors (Lipinski definition) is 4. The van der Waals surface area contributed by atoms with Crippen LogP contribution in [0.5, 0.6) is 17.2 Å². The number of carboxylic acid groups (broad SMARTS) is 1. The SMILES string of the molecule is COc1cccc2c1cc1c3c(cc4c(c32)OCO4)C(=O)N1[C@@H]1O[C@H](C(=O)O)[C@@H](O)[C@H](O)[C@H]1O. The number of amides is 1. The Morgan fingerprint density at radius 1 is 1.06 bits per heavy atom. The number of fused-ring (bicyclic) bond motifs is 4. The molecule has 1 saturated heterocycles. The molecule has 0 aliphatic carbocycles. The van der Waals surface area contributed by atoms with E-state index in [1.165, 1.54) is 13.2 Å². The van der Waals surface area contributed by atoms with E-state index in [0.29, 0.717) is 39.1 Å². The quantitative estimate of drug-likeness (QED) is 0.400. The van der Waals surface area contributed by atoms with E-state index in [1.807, 2.05) is 6.07 Å². The van der Waals surface area contributed by atoms with Crippen LogP contribution in [0.2, 0.25) is 0 Å². The first-order chi connectivity index (χ1) is 16.3. The second-order valence-electron chi connectivity index (χ2n) is 8.29. The van der Waals surface area contributed by atoms with Crippen molar-refractivity contribution >= 4 is 39.1 Å². The van der Waals surface area contributed by atoms with Gasteiger partial charge in [0.1, 0.15) is 24.1 Å². The van der Waals surface area contributed by atoms with Gasteiger partial charge in [0, 0.05) is 16.2 Å². The lowest BCUT2D eigenvalue weighted by atomic mass is 9.96. The number of carbonyl (C=O) groups excluding carboxylic acids is 1. The number of hydrogen-bond acceptors (Lipinski definition) is 9. The van der Waals surface area contributed by atoms with Crippen LogP contribution < -0.4 is 19.1 Å². The minimum absolute atomic E-state index is 0.0176. The van der Waals surface area contributed by atoms with Crippen LogP contribution in [-0.4, -0.2) is 76.8 Å². The minimum Gasteiger partial charge on any atom is -0.496 e. The molecule has 1 fully saturated rings. The van der Waals surface area contributed by atoms with Crippen LogP contribution >= 0.6 is 0 Å². The Balaban J connectivity index is 1.63. The molecule has 3 aliphatic heterocycles. The van der Waals surface area contributed by atoms with Crippen LogP contribution in [0.3, 0.4) is 0 Å². The first kappa shape index (κ1) is 20.9. The molecule has 0 saturated carbocycles. The molecule has 0 bridgehead atoms. The molecule has 34 heavy (non-hydrogen) atoms. The summed E-state index contributed by atoms with van der Waals surface area (Å²) in [4.78, 5) is 26.4. The molecule has 0 unspecified atom stereocenters. The van der Waals surface area contributed by atoms with Gasteiger partial charge in [0.05, 0.1) is 18.4 Å². The molecule has 3 heterocycles. The van der Waals surface area contributed by atoms with Crippen LogP contribution in [0.1, 0.15) is 10.4 Å². The van der Waals surface area contributed by atoms with Crippen molar-refractivity contribution < 1.29 is 49.0 Å². The summed E-state index contributed by atoms with van der Waals surface area (Å²) in [5.41, 5.74) is 0.546. The van der Waals surface area contributed by atoms with Gasteiger partial charge in [-0.3, -0.25) is 9.69 Å². The van der Waals surface area contributed by atoms with Crippen LogP contribution in [0.25, 0.3) is 21.5 Å². The summed E-state index contributed by atoms with van der Waals surface area (Å²) in [6.45, 7) is -0.0176. The summed E-state index contributed by atoms with van der Waals surface area (Å²) < 4.78 is 22.3. The van der Waals surface area contributed by atoms with Crippen LogP contribution in [0.4, 0.5) is 5.69 Å². The van der Waals surface area contributed by atoms with Gasteiger partial charge in [-0.15, -0.1) is 0 Å². The summed E-state index contributed by atoms with van der Waals surface area (Å²) in [7, 11) is 1.50. The highest BCUT2D eigenvalue weighted by Crippen LogP contribution is 2.52. The van der Waals surface area contributed by atoms with E-state index in [0.717, 1.165) is 10.3 Å². The highest BCUT2D eigenvalue weighted by molar-refractivity contribution is 6.32.